The molecule has 2 fully saturated rings. The van der Waals surface area contributed by atoms with Gasteiger partial charge in [-0.2, -0.15) is 0 Å². The van der Waals surface area contributed by atoms with Gasteiger partial charge >= 0.3 is 0 Å². The van der Waals surface area contributed by atoms with Crippen LogP contribution < -0.4 is 16.4 Å². The van der Waals surface area contributed by atoms with E-state index < -0.39 is 12.1 Å². The first-order valence-electron chi connectivity index (χ1n) is 11.9. The van der Waals surface area contributed by atoms with Gasteiger partial charge in [-0.05, 0) is 63.7 Å². The average Bonchev–Trinajstić information content (AvgIpc) is 3.49. The highest BCUT2D eigenvalue weighted by Crippen LogP contribution is 2.32. The summed E-state index contributed by atoms with van der Waals surface area (Å²) in [6, 6.07) is 1.03. The van der Waals surface area contributed by atoms with Gasteiger partial charge in [0.25, 0.3) is 0 Å². The van der Waals surface area contributed by atoms with Gasteiger partial charge in [0.15, 0.2) is 0 Å². The number of amides is 3. The minimum atomic E-state index is -0.581. The van der Waals surface area contributed by atoms with E-state index in [9.17, 15) is 14.4 Å². The minimum Gasteiger partial charge on any atom is -0.361 e. The maximum Gasteiger partial charge on any atom is 0.246 e. The molecule has 8 nitrogen and oxygen atoms in total. The third-order valence-corrected chi connectivity index (χ3v) is 5.70. The van der Waals surface area contributed by atoms with E-state index in [1.165, 1.54) is 0 Å². The summed E-state index contributed by atoms with van der Waals surface area (Å²) in [7, 11) is 0. The number of nitrogens with one attached hydrogen (secondary N) is 3. The Hall–Kier alpha value is -2.87. The van der Waals surface area contributed by atoms with E-state index in [2.05, 4.69) is 22.2 Å². The van der Waals surface area contributed by atoms with E-state index in [1.807, 2.05) is 52.1 Å². The highest BCUT2D eigenvalue weighted by molar-refractivity contribution is 5.93. The van der Waals surface area contributed by atoms with Gasteiger partial charge in [0.2, 0.25) is 17.7 Å². The Morgan fingerprint density at radius 2 is 1.88 bits per heavy atom. The van der Waals surface area contributed by atoms with Crippen LogP contribution in [0.25, 0.3) is 6.08 Å². The van der Waals surface area contributed by atoms with Crippen LogP contribution >= 0.6 is 0 Å². The Morgan fingerprint density at radius 1 is 1.21 bits per heavy atom. The third-order valence-electron chi connectivity index (χ3n) is 5.70. The van der Waals surface area contributed by atoms with Crippen molar-refractivity contribution in [2.75, 3.05) is 13.1 Å². The van der Waals surface area contributed by atoms with E-state index >= 15 is 0 Å². The highest BCUT2D eigenvalue weighted by atomic mass is 16.2. The predicted molar refractivity (Wildman–Crippen MR) is 133 cm³/mol. The molecule has 3 amide bonds. The van der Waals surface area contributed by atoms with E-state index in [0.29, 0.717) is 25.8 Å². The first-order chi connectivity index (χ1) is 15.9. The molecule has 184 valence electrons. The number of allylic oxidation sites excluding steroid dienone is 2. The largest absolute Gasteiger partial charge is 0.361 e. The second-order valence-electron chi connectivity index (χ2n) is 7.77. The van der Waals surface area contributed by atoms with Crippen molar-refractivity contribution in [3.63, 3.8) is 0 Å². The van der Waals surface area contributed by atoms with Gasteiger partial charge in [-0.15, -0.1) is 0 Å². The number of carbonyl (C=O) groups is 3. The number of carbonyl (C=O) groups excluding carboxylic acids is 3. The maximum atomic E-state index is 12.8. The Morgan fingerprint density at radius 3 is 2.45 bits per heavy atom. The van der Waals surface area contributed by atoms with Crippen molar-refractivity contribution in [3.8, 4) is 0 Å². The van der Waals surface area contributed by atoms with Crippen molar-refractivity contribution < 1.29 is 14.4 Å². The fourth-order valence-electron chi connectivity index (χ4n) is 3.98. The lowest BCUT2D eigenvalue weighted by Crippen LogP contribution is -2.59. The van der Waals surface area contributed by atoms with Crippen LogP contribution in [0, 0.1) is 0 Å². The lowest BCUT2D eigenvalue weighted by Gasteiger charge is -2.37. The number of hydrogen-bond acceptors (Lipinski definition) is 4. The topological polar surface area (TPSA) is 120 Å². The Labute approximate surface area is 198 Å². The van der Waals surface area contributed by atoms with Crippen molar-refractivity contribution in [2.24, 2.45) is 5.73 Å². The zero-order chi connectivity index (χ0) is 24.8. The normalized spacial score (nSPS) is 21.3. The van der Waals surface area contributed by atoms with E-state index in [0.717, 1.165) is 24.1 Å². The predicted octanol–water partition coefficient (Wildman–Crippen LogP) is 2.52. The number of rotatable bonds is 7. The zero-order valence-electron chi connectivity index (χ0n) is 20.5. The molecule has 2 saturated heterocycles. The number of nitrogens with zero attached hydrogens (tertiary/aromatic N) is 1. The quantitative estimate of drug-likeness (QED) is 0.468. The number of aromatic amines is 1. The second-order valence-corrected chi connectivity index (χ2v) is 7.77. The monoisotopic (exact) mass is 459 g/mol. The molecule has 0 aliphatic carbocycles. The SMILES string of the molecule is C/C=C\C.C=Cc1cc(CCNC(=O)[C@@H]2CC[C@@H]3CCC(NC(=O)CN)C(=O)N32)c[nH]1.CC. The molecule has 0 bridgehead atoms. The van der Waals surface area contributed by atoms with Crippen LogP contribution in [0.4, 0.5) is 0 Å². The fraction of sp³-hybridized carbons (Fsp3) is 0.560. The first kappa shape index (κ1) is 28.2. The molecular formula is C25H41N5O3. The van der Waals surface area contributed by atoms with Crippen LogP contribution in [0.15, 0.2) is 31.0 Å². The second kappa shape index (κ2) is 15.1. The van der Waals surface area contributed by atoms with Crippen LogP contribution in [0.2, 0.25) is 0 Å². The van der Waals surface area contributed by atoms with Gasteiger partial charge in [-0.1, -0.05) is 32.6 Å². The molecule has 33 heavy (non-hydrogen) atoms. The molecule has 1 unspecified atom stereocenters. The van der Waals surface area contributed by atoms with Crippen LogP contribution in [0.5, 0.6) is 0 Å². The number of piperidine rings is 1. The summed E-state index contributed by atoms with van der Waals surface area (Å²) in [6.07, 6.45) is 11.2. The Bertz CT molecular complexity index is 798. The smallest absolute Gasteiger partial charge is 0.246 e. The Balaban J connectivity index is 0.000000820. The van der Waals surface area contributed by atoms with Gasteiger partial charge in [-0.3, -0.25) is 14.4 Å². The van der Waals surface area contributed by atoms with E-state index in [4.69, 9.17) is 5.73 Å². The van der Waals surface area contributed by atoms with Crippen molar-refractivity contribution in [1.82, 2.24) is 20.5 Å². The van der Waals surface area contributed by atoms with Crippen LogP contribution in [0.3, 0.4) is 0 Å². The number of fused-ring (bicyclic) bond motifs is 1. The van der Waals surface area contributed by atoms with Crippen molar-refractivity contribution in [3.05, 3.63) is 42.3 Å². The van der Waals surface area contributed by atoms with E-state index in [1.54, 1.807) is 11.0 Å². The lowest BCUT2D eigenvalue weighted by molar-refractivity contribution is -0.146. The minimum absolute atomic E-state index is 0.0825. The van der Waals surface area contributed by atoms with Crippen LogP contribution in [-0.4, -0.2) is 58.8 Å². The van der Waals surface area contributed by atoms with Crippen molar-refractivity contribution >= 4 is 23.8 Å². The van der Waals surface area contributed by atoms with E-state index in [-0.39, 0.29) is 30.3 Å². The molecule has 5 N–H and O–H groups in total. The lowest BCUT2D eigenvalue weighted by atomic mass is 9.98. The summed E-state index contributed by atoms with van der Waals surface area (Å²) in [4.78, 5) is 41.7. The number of aromatic nitrogens is 1. The summed E-state index contributed by atoms with van der Waals surface area (Å²) < 4.78 is 0. The molecule has 0 radical (unpaired) electrons. The summed E-state index contributed by atoms with van der Waals surface area (Å²) in [6.45, 7) is 12.1. The summed E-state index contributed by atoms with van der Waals surface area (Å²) in [5.74, 6) is -0.652. The summed E-state index contributed by atoms with van der Waals surface area (Å²) in [5, 5.41) is 5.61. The van der Waals surface area contributed by atoms with Crippen LogP contribution in [0.1, 0.15) is 64.6 Å². The third kappa shape index (κ3) is 8.20. The Kier molecular flexibility index (Phi) is 12.8. The fourth-order valence-corrected chi connectivity index (χ4v) is 3.98. The highest BCUT2D eigenvalue weighted by Gasteiger charge is 2.46. The summed E-state index contributed by atoms with van der Waals surface area (Å²) >= 11 is 0. The standard InChI is InChI=1S/C19H27N5O3.C4H8.C2H6/c1-2-13-9-12(11-22-13)7-8-21-18(26)16-6-4-14-3-5-15(19(27)24(14)16)23-17(25)10-20;1-3-4-2;1-2/h2,9,11,14-16,22H,1,3-8,10,20H2,(H,21,26)(H,23,25);3-4H,1-2H3;1-2H3/b;4-3-;/t14-,15?,16-;;/m0../s1. The van der Waals surface area contributed by atoms with Crippen molar-refractivity contribution in [1.29, 1.82) is 0 Å². The molecule has 0 saturated carbocycles. The molecule has 0 spiro atoms. The molecule has 2 aliphatic heterocycles. The summed E-state index contributed by atoms with van der Waals surface area (Å²) in [5.41, 5.74) is 7.36. The average molecular weight is 460 g/mol. The molecule has 1 aromatic heterocycles. The maximum absolute atomic E-state index is 12.8. The molecule has 3 atom stereocenters. The van der Waals surface area contributed by atoms with Gasteiger partial charge in [0, 0.05) is 24.5 Å². The van der Waals surface area contributed by atoms with Gasteiger partial charge in [0.1, 0.15) is 12.1 Å². The molecular weight excluding hydrogens is 418 g/mol. The van der Waals surface area contributed by atoms with Crippen molar-refractivity contribution in [2.45, 2.75) is 77.9 Å². The molecule has 1 aromatic rings. The number of hydrogen-bond donors (Lipinski definition) is 4. The molecule has 0 aromatic carbocycles. The molecule has 2 aliphatic rings. The zero-order valence-corrected chi connectivity index (χ0v) is 20.5. The molecule has 8 heteroatoms. The van der Waals surface area contributed by atoms with Crippen LogP contribution in [-0.2, 0) is 20.8 Å². The first-order valence-corrected chi connectivity index (χ1v) is 11.9. The number of H-pyrrole nitrogens is 1. The molecule has 3 rings (SSSR count). The number of nitrogens with two attached hydrogens (primary N) is 1. The molecule has 3 heterocycles. The van der Waals surface area contributed by atoms with Gasteiger partial charge in [-0.25, -0.2) is 0 Å². The van der Waals surface area contributed by atoms with Gasteiger partial charge < -0.3 is 26.3 Å². The van der Waals surface area contributed by atoms with Gasteiger partial charge in [0.05, 0.1) is 6.54 Å².